The molecule has 1 aromatic heterocycles. The number of nitrogens with zero attached hydrogens (tertiary/aromatic N) is 1. The van der Waals surface area contributed by atoms with E-state index in [9.17, 15) is 4.79 Å². The van der Waals surface area contributed by atoms with Crippen LogP contribution in [0, 0.1) is 6.92 Å². The second-order valence-corrected chi connectivity index (χ2v) is 4.13. The summed E-state index contributed by atoms with van der Waals surface area (Å²) in [6.07, 6.45) is 1.38. The van der Waals surface area contributed by atoms with Crippen molar-refractivity contribution >= 4 is 32.8 Å². The van der Waals surface area contributed by atoms with Gasteiger partial charge in [0, 0.05) is 16.1 Å². The summed E-state index contributed by atoms with van der Waals surface area (Å²) in [6.45, 7) is 1.94. The van der Waals surface area contributed by atoms with Crippen LogP contribution in [-0.4, -0.2) is 16.1 Å². The van der Waals surface area contributed by atoms with Crippen LogP contribution in [0.5, 0.6) is 0 Å². The minimum atomic E-state index is -0.954. The summed E-state index contributed by atoms with van der Waals surface area (Å²) in [7, 11) is 0. The van der Waals surface area contributed by atoms with E-state index in [-0.39, 0.29) is 5.56 Å². The lowest BCUT2D eigenvalue weighted by atomic mass is 10.1. The predicted octanol–water partition coefficient (Wildman–Crippen LogP) is 3.00. The Morgan fingerprint density at radius 2 is 2.20 bits per heavy atom. The molecule has 0 saturated carbocycles. The standard InChI is InChI=1S/C11H8BrNO2/c1-6-9(12)3-2-7-4-8(11(14)15)5-13-10(6)7/h2-5H,1H3,(H,14,15). The minimum absolute atomic E-state index is 0.212. The largest absolute Gasteiger partial charge is 0.478 e. The van der Waals surface area contributed by atoms with Crippen LogP contribution < -0.4 is 0 Å². The summed E-state index contributed by atoms with van der Waals surface area (Å²) in [5.41, 5.74) is 2.06. The van der Waals surface area contributed by atoms with E-state index in [0.717, 1.165) is 20.9 Å². The van der Waals surface area contributed by atoms with Gasteiger partial charge >= 0.3 is 5.97 Å². The molecule has 1 N–H and O–H groups in total. The average Bonchev–Trinajstić information content (AvgIpc) is 2.23. The molecule has 1 aromatic carbocycles. The Morgan fingerprint density at radius 1 is 1.47 bits per heavy atom. The number of rotatable bonds is 1. The van der Waals surface area contributed by atoms with Crippen molar-refractivity contribution in [2.24, 2.45) is 0 Å². The molecule has 2 rings (SSSR count). The molecule has 0 aliphatic heterocycles. The van der Waals surface area contributed by atoms with Crippen LogP contribution in [-0.2, 0) is 0 Å². The van der Waals surface area contributed by atoms with Gasteiger partial charge in [-0.15, -0.1) is 0 Å². The fourth-order valence-corrected chi connectivity index (χ4v) is 1.76. The van der Waals surface area contributed by atoms with Gasteiger partial charge in [-0.05, 0) is 24.6 Å². The van der Waals surface area contributed by atoms with Gasteiger partial charge in [0.2, 0.25) is 0 Å². The van der Waals surface area contributed by atoms with Crippen molar-refractivity contribution in [1.82, 2.24) is 4.98 Å². The van der Waals surface area contributed by atoms with Gasteiger partial charge in [-0.1, -0.05) is 22.0 Å². The topological polar surface area (TPSA) is 50.2 Å². The summed E-state index contributed by atoms with van der Waals surface area (Å²) in [5.74, 6) is -0.954. The molecule has 0 aliphatic rings. The second kappa shape index (κ2) is 3.62. The van der Waals surface area contributed by atoms with E-state index < -0.39 is 5.97 Å². The number of carboxylic acid groups (broad SMARTS) is 1. The highest BCUT2D eigenvalue weighted by Crippen LogP contribution is 2.24. The van der Waals surface area contributed by atoms with Crippen LogP contribution in [0.1, 0.15) is 15.9 Å². The molecule has 4 heteroatoms. The van der Waals surface area contributed by atoms with E-state index in [1.807, 2.05) is 19.1 Å². The van der Waals surface area contributed by atoms with Gasteiger partial charge in [-0.2, -0.15) is 0 Å². The van der Waals surface area contributed by atoms with Crippen LogP contribution in [0.2, 0.25) is 0 Å². The molecule has 0 fully saturated rings. The van der Waals surface area contributed by atoms with Crippen molar-refractivity contribution in [2.75, 3.05) is 0 Å². The molecule has 0 aliphatic carbocycles. The molecule has 2 aromatic rings. The number of aromatic nitrogens is 1. The Bertz CT molecular complexity index is 552. The zero-order valence-electron chi connectivity index (χ0n) is 7.99. The first-order valence-corrected chi connectivity index (χ1v) is 5.17. The van der Waals surface area contributed by atoms with Gasteiger partial charge in [-0.25, -0.2) is 4.79 Å². The molecule has 0 spiro atoms. The Hall–Kier alpha value is -1.42. The van der Waals surface area contributed by atoms with Crippen LogP contribution >= 0.6 is 15.9 Å². The number of benzene rings is 1. The summed E-state index contributed by atoms with van der Waals surface area (Å²) < 4.78 is 0.977. The summed E-state index contributed by atoms with van der Waals surface area (Å²) in [5, 5.41) is 9.66. The van der Waals surface area contributed by atoms with Gasteiger partial charge in [0.1, 0.15) is 0 Å². The Morgan fingerprint density at radius 3 is 2.87 bits per heavy atom. The molecule has 0 atom stereocenters. The van der Waals surface area contributed by atoms with E-state index in [1.54, 1.807) is 6.07 Å². The van der Waals surface area contributed by atoms with Crippen molar-refractivity contribution in [3.8, 4) is 0 Å². The second-order valence-electron chi connectivity index (χ2n) is 3.27. The lowest BCUT2D eigenvalue weighted by Crippen LogP contribution is -1.97. The first-order chi connectivity index (χ1) is 7.09. The van der Waals surface area contributed by atoms with Gasteiger partial charge in [0.25, 0.3) is 0 Å². The van der Waals surface area contributed by atoms with Crippen molar-refractivity contribution in [3.05, 3.63) is 40.0 Å². The Kier molecular flexibility index (Phi) is 2.44. The highest BCUT2D eigenvalue weighted by Gasteiger charge is 2.07. The molecule has 0 unspecified atom stereocenters. The van der Waals surface area contributed by atoms with E-state index in [2.05, 4.69) is 20.9 Å². The number of carboxylic acids is 1. The smallest absolute Gasteiger partial charge is 0.337 e. The zero-order chi connectivity index (χ0) is 11.0. The van der Waals surface area contributed by atoms with Crippen molar-refractivity contribution in [2.45, 2.75) is 6.92 Å². The van der Waals surface area contributed by atoms with Crippen LogP contribution in [0.15, 0.2) is 28.9 Å². The molecule has 15 heavy (non-hydrogen) atoms. The van der Waals surface area contributed by atoms with E-state index in [1.165, 1.54) is 6.20 Å². The Balaban J connectivity index is 2.75. The van der Waals surface area contributed by atoms with E-state index in [0.29, 0.717) is 0 Å². The third-order valence-corrected chi connectivity index (χ3v) is 3.15. The number of hydrogen-bond donors (Lipinski definition) is 1. The first kappa shape index (κ1) is 10.1. The van der Waals surface area contributed by atoms with E-state index >= 15 is 0 Å². The lowest BCUT2D eigenvalue weighted by Gasteiger charge is -2.04. The molecular formula is C11H8BrNO2. The molecule has 0 amide bonds. The lowest BCUT2D eigenvalue weighted by molar-refractivity contribution is 0.0696. The molecule has 1 heterocycles. The van der Waals surface area contributed by atoms with Crippen LogP contribution in [0.25, 0.3) is 10.9 Å². The molecular weight excluding hydrogens is 258 g/mol. The first-order valence-electron chi connectivity index (χ1n) is 4.38. The SMILES string of the molecule is Cc1c(Br)ccc2cc(C(=O)O)cnc12. The maximum Gasteiger partial charge on any atom is 0.337 e. The number of fused-ring (bicyclic) bond motifs is 1. The molecule has 76 valence electrons. The number of pyridine rings is 1. The monoisotopic (exact) mass is 265 g/mol. The molecule has 0 bridgehead atoms. The fourth-order valence-electron chi connectivity index (χ4n) is 1.44. The number of halogens is 1. The predicted molar refractivity (Wildman–Crippen MR) is 61.1 cm³/mol. The zero-order valence-corrected chi connectivity index (χ0v) is 9.58. The van der Waals surface area contributed by atoms with Gasteiger partial charge < -0.3 is 5.11 Å². The Labute approximate surface area is 94.9 Å². The van der Waals surface area contributed by atoms with Crippen molar-refractivity contribution < 1.29 is 9.90 Å². The molecule has 0 saturated heterocycles. The average molecular weight is 266 g/mol. The highest BCUT2D eigenvalue weighted by atomic mass is 79.9. The maximum atomic E-state index is 10.7. The van der Waals surface area contributed by atoms with Crippen LogP contribution in [0.4, 0.5) is 0 Å². The number of aromatic carboxylic acids is 1. The number of aryl methyl sites for hydroxylation is 1. The van der Waals surface area contributed by atoms with E-state index in [4.69, 9.17) is 5.11 Å². The number of hydrogen-bond acceptors (Lipinski definition) is 2. The maximum absolute atomic E-state index is 10.7. The van der Waals surface area contributed by atoms with Gasteiger partial charge in [0.05, 0.1) is 11.1 Å². The minimum Gasteiger partial charge on any atom is -0.478 e. The molecule has 3 nitrogen and oxygen atoms in total. The van der Waals surface area contributed by atoms with Crippen LogP contribution in [0.3, 0.4) is 0 Å². The van der Waals surface area contributed by atoms with Gasteiger partial charge in [0.15, 0.2) is 0 Å². The number of carbonyl (C=O) groups is 1. The third-order valence-electron chi connectivity index (χ3n) is 2.29. The fraction of sp³-hybridized carbons (Fsp3) is 0.0909. The summed E-state index contributed by atoms with van der Waals surface area (Å²) in [4.78, 5) is 14.9. The molecule has 0 radical (unpaired) electrons. The van der Waals surface area contributed by atoms with Gasteiger partial charge in [-0.3, -0.25) is 4.98 Å². The normalized spacial score (nSPS) is 10.5. The quantitative estimate of drug-likeness (QED) is 0.863. The summed E-state index contributed by atoms with van der Waals surface area (Å²) in [6, 6.07) is 5.38. The summed E-state index contributed by atoms with van der Waals surface area (Å²) >= 11 is 3.41. The van der Waals surface area contributed by atoms with Crippen molar-refractivity contribution in [3.63, 3.8) is 0 Å². The highest BCUT2D eigenvalue weighted by molar-refractivity contribution is 9.10. The third kappa shape index (κ3) is 1.72. The van der Waals surface area contributed by atoms with Crippen molar-refractivity contribution in [1.29, 1.82) is 0 Å².